The first-order chi connectivity index (χ1) is 8.99. The van der Waals surface area contributed by atoms with Crippen molar-refractivity contribution in [3.8, 4) is 17.0 Å². The van der Waals surface area contributed by atoms with E-state index in [9.17, 15) is 4.39 Å². The highest BCUT2D eigenvalue weighted by Crippen LogP contribution is 2.35. The van der Waals surface area contributed by atoms with Gasteiger partial charge in [0.25, 0.3) is 0 Å². The highest BCUT2D eigenvalue weighted by Gasteiger charge is 2.24. The van der Waals surface area contributed by atoms with Gasteiger partial charge in [0.05, 0.1) is 23.9 Å². The van der Waals surface area contributed by atoms with Crippen LogP contribution in [0.2, 0.25) is 0 Å². The smallest absolute Gasteiger partial charge is 0.136 e. The molecule has 102 valence electrons. The molecule has 2 rings (SSSR count). The predicted molar refractivity (Wildman–Crippen MR) is 75.9 cm³/mol. The number of nitrogens with two attached hydrogens (primary N) is 1. The van der Waals surface area contributed by atoms with Crippen molar-refractivity contribution < 1.29 is 9.13 Å². The van der Waals surface area contributed by atoms with Crippen molar-refractivity contribution in [1.82, 2.24) is 4.98 Å². The Balaban J connectivity index is 2.50. The molecular weight excluding hydrogens is 263 g/mol. The van der Waals surface area contributed by atoms with Crippen LogP contribution in [-0.2, 0) is 5.54 Å². The summed E-state index contributed by atoms with van der Waals surface area (Å²) < 4.78 is 19.2. The average molecular weight is 280 g/mol. The number of benzene rings is 1. The molecule has 2 N–H and O–H groups in total. The second-order valence-electron chi connectivity index (χ2n) is 4.63. The van der Waals surface area contributed by atoms with Crippen LogP contribution in [0, 0.1) is 5.82 Å². The van der Waals surface area contributed by atoms with Gasteiger partial charge in [0.15, 0.2) is 0 Å². The van der Waals surface area contributed by atoms with Crippen LogP contribution in [0.4, 0.5) is 4.39 Å². The normalized spacial score (nSPS) is 14.2. The number of halogens is 1. The fourth-order valence-corrected chi connectivity index (χ4v) is 2.68. The van der Waals surface area contributed by atoms with Gasteiger partial charge in [-0.3, -0.25) is 0 Å². The fourth-order valence-electron chi connectivity index (χ4n) is 1.73. The summed E-state index contributed by atoms with van der Waals surface area (Å²) in [6, 6.07) is 4.74. The highest BCUT2D eigenvalue weighted by atomic mass is 32.1. The molecule has 0 spiro atoms. The number of hydrogen-bond acceptors (Lipinski definition) is 4. The summed E-state index contributed by atoms with van der Waals surface area (Å²) in [5, 5.41) is 2.62. The molecule has 0 saturated heterocycles. The van der Waals surface area contributed by atoms with E-state index in [2.05, 4.69) is 4.98 Å². The maximum Gasteiger partial charge on any atom is 0.136 e. The van der Waals surface area contributed by atoms with Crippen molar-refractivity contribution in [2.24, 2.45) is 5.73 Å². The second kappa shape index (κ2) is 5.27. The van der Waals surface area contributed by atoms with Gasteiger partial charge in [-0.1, -0.05) is 13.0 Å². The Labute approximate surface area is 116 Å². The number of hydrogen-bond donors (Lipinski definition) is 1. The molecule has 0 fully saturated rings. The lowest BCUT2D eigenvalue weighted by atomic mass is 10.0. The molecule has 0 radical (unpaired) electrons. The third-order valence-electron chi connectivity index (χ3n) is 3.18. The molecule has 1 unspecified atom stereocenters. The third kappa shape index (κ3) is 2.62. The van der Waals surface area contributed by atoms with Crippen molar-refractivity contribution >= 4 is 11.3 Å². The molecule has 1 aromatic carbocycles. The average Bonchev–Trinajstić information content (AvgIpc) is 2.88. The minimum Gasteiger partial charge on any atom is -0.496 e. The van der Waals surface area contributed by atoms with E-state index in [0.717, 1.165) is 11.4 Å². The lowest BCUT2D eigenvalue weighted by Gasteiger charge is -2.19. The third-order valence-corrected chi connectivity index (χ3v) is 4.30. The number of thiazole rings is 1. The van der Waals surface area contributed by atoms with E-state index < -0.39 is 5.54 Å². The van der Waals surface area contributed by atoms with Gasteiger partial charge in [-0.05, 0) is 25.5 Å². The summed E-state index contributed by atoms with van der Waals surface area (Å²) in [5.74, 6) is 0.137. The van der Waals surface area contributed by atoms with Gasteiger partial charge < -0.3 is 10.5 Å². The molecule has 0 aliphatic rings. The van der Waals surface area contributed by atoms with Crippen LogP contribution in [-0.4, -0.2) is 12.1 Å². The van der Waals surface area contributed by atoms with Crippen LogP contribution in [0.1, 0.15) is 25.3 Å². The number of nitrogens with zero attached hydrogens (tertiary/aromatic N) is 1. The molecular formula is C14H17FN2OS. The zero-order valence-corrected chi connectivity index (χ0v) is 12.1. The molecule has 1 heterocycles. The fraction of sp³-hybridized carbons (Fsp3) is 0.357. The summed E-state index contributed by atoms with van der Waals surface area (Å²) >= 11 is 1.45. The number of rotatable bonds is 4. The van der Waals surface area contributed by atoms with E-state index in [4.69, 9.17) is 10.5 Å². The Kier molecular flexibility index (Phi) is 3.87. The molecule has 0 aliphatic heterocycles. The molecule has 0 bridgehead atoms. The van der Waals surface area contributed by atoms with Crippen LogP contribution in [0.5, 0.6) is 5.75 Å². The van der Waals surface area contributed by atoms with E-state index in [0.29, 0.717) is 17.0 Å². The summed E-state index contributed by atoms with van der Waals surface area (Å²) in [6.07, 6.45) is 0.772. The number of aromatic nitrogens is 1. The van der Waals surface area contributed by atoms with Crippen molar-refractivity contribution in [1.29, 1.82) is 0 Å². The monoisotopic (exact) mass is 280 g/mol. The first-order valence-electron chi connectivity index (χ1n) is 6.07. The summed E-state index contributed by atoms with van der Waals surface area (Å²) in [6.45, 7) is 3.93. The Morgan fingerprint density at radius 2 is 2.21 bits per heavy atom. The SMILES string of the molecule is CCC(C)(N)c1nc(-c2c(F)cccc2OC)cs1. The van der Waals surface area contributed by atoms with Crippen LogP contribution >= 0.6 is 11.3 Å². The summed E-state index contributed by atoms with van der Waals surface area (Å²) in [5.41, 5.74) is 6.63. The zero-order chi connectivity index (χ0) is 14.0. The van der Waals surface area contributed by atoms with E-state index >= 15 is 0 Å². The molecule has 19 heavy (non-hydrogen) atoms. The van der Waals surface area contributed by atoms with E-state index in [1.54, 1.807) is 12.1 Å². The van der Waals surface area contributed by atoms with Crippen LogP contribution in [0.3, 0.4) is 0 Å². The summed E-state index contributed by atoms with van der Waals surface area (Å²) in [7, 11) is 1.52. The second-order valence-corrected chi connectivity index (χ2v) is 5.48. The van der Waals surface area contributed by atoms with Gasteiger partial charge in [0.1, 0.15) is 16.6 Å². The first kappa shape index (κ1) is 14.0. The molecule has 3 nitrogen and oxygen atoms in total. The van der Waals surface area contributed by atoms with E-state index in [1.165, 1.54) is 24.5 Å². The first-order valence-corrected chi connectivity index (χ1v) is 6.95. The lowest BCUT2D eigenvalue weighted by Crippen LogP contribution is -2.31. The topological polar surface area (TPSA) is 48.1 Å². The molecule has 0 amide bonds. The quantitative estimate of drug-likeness (QED) is 0.931. The molecule has 1 aromatic heterocycles. The van der Waals surface area contributed by atoms with Crippen LogP contribution < -0.4 is 10.5 Å². The molecule has 5 heteroatoms. The van der Waals surface area contributed by atoms with Gasteiger partial charge in [0, 0.05) is 5.38 Å². The largest absolute Gasteiger partial charge is 0.496 e. The van der Waals surface area contributed by atoms with Gasteiger partial charge >= 0.3 is 0 Å². The maximum atomic E-state index is 14.0. The number of ether oxygens (including phenoxy) is 1. The van der Waals surface area contributed by atoms with E-state index in [1.807, 2.05) is 19.2 Å². The predicted octanol–water partition coefficient (Wildman–Crippen LogP) is 3.54. The van der Waals surface area contributed by atoms with Gasteiger partial charge in [-0.25, -0.2) is 9.37 Å². The van der Waals surface area contributed by atoms with Gasteiger partial charge in [-0.15, -0.1) is 11.3 Å². The van der Waals surface area contributed by atoms with Crippen molar-refractivity contribution in [2.45, 2.75) is 25.8 Å². The summed E-state index contributed by atoms with van der Waals surface area (Å²) in [4.78, 5) is 4.47. The van der Waals surface area contributed by atoms with Gasteiger partial charge in [0.2, 0.25) is 0 Å². The molecule has 0 aliphatic carbocycles. The molecule has 0 saturated carbocycles. The van der Waals surface area contributed by atoms with Crippen molar-refractivity contribution in [3.05, 3.63) is 34.4 Å². The minimum absolute atomic E-state index is 0.341. The van der Waals surface area contributed by atoms with Crippen molar-refractivity contribution in [3.63, 3.8) is 0 Å². The molecule has 2 aromatic rings. The standard InChI is InChI=1S/C14H17FN2OS/c1-4-14(2,16)13-17-10(8-19-13)12-9(15)6-5-7-11(12)18-3/h5-8H,4,16H2,1-3H3. The Morgan fingerprint density at radius 3 is 2.84 bits per heavy atom. The Morgan fingerprint density at radius 1 is 1.47 bits per heavy atom. The highest BCUT2D eigenvalue weighted by molar-refractivity contribution is 7.10. The van der Waals surface area contributed by atoms with E-state index in [-0.39, 0.29) is 5.82 Å². The van der Waals surface area contributed by atoms with Crippen LogP contribution in [0.15, 0.2) is 23.6 Å². The van der Waals surface area contributed by atoms with Gasteiger partial charge in [-0.2, -0.15) is 0 Å². The number of methoxy groups -OCH3 is 1. The lowest BCUT2D eigenvalue weighted by molar-refractivity contribution is 0.413. The minimum atomic E-state index is -0.485. The maximum absolute atomic E-state index is 14.0. The Hall–Kier alpha value is -1.46. The Bertz CT molecular complexity index is 581. The molecule has 1 atom stereocenters. The zero-order valence-electron chi connectivity index (χ0n) is 11.2. The van der Waals surface area contributed by atoms with Crippen LogP contribution in [0.25, 0.3) is 11.3 Å². The van der Waals surface area contributed by atoms with Crippen molar-refractivity contribution in [2.75, 3.05) is 7.11 Å².